The average molecular weight is 255 g/mol. The Hall–Kier alpha value is -1.47. The van der Waals surface area contributed by atoms with Crippen LogP contribution in [0.1, 0.15) is 20.2 Å². The molecule has 1 saturated heterocycles. The van der Waals surface area contributed by atoms with E-state index in [0.717, 1.165) is 24.6 Å². The molecule has 2 rings (SSSR count). The highest BCUT2D eigenvalue weighted by Gasteiger charge is 2.23. The second-order valence-corrected chi connectivity index (χ2v) is 4.78. The zero-order valence-electron chi connectivity index (χ0n) is 9.42. The number of carbonyl (C=O) groups excluding carboxylic acids is 1. The standard InChI is InChI=1S/C10H13N3O3S/c1-12-2-4-13(5-3-12)9(14)7-6-8(10(15)16)17-11-7/h6H,2-5H2,1H3,(H,15,16). The van der Waals surface area contributed by atoms with E-state index in [4.69, 9.17) is 5.11 Å². The molecule has 6 nitrogen and oxygen atoms in total. The van der Waals surface area contributed by atoms with Gasteiger partial charge in [0.2, 0.25) is 0 Å². The number of likely N-dealkylation sites (N-methyl/N-ethyl adjacent to an activating group) is 1. The van der Waals surface area contributed by atoms with Crippen LogP contribution < -0.4 is 0 Å². The molecule has 1 aromatic rings. The van der Waals surface area contributed by atoms with Gasteiger partial charge in [0, 0.05) is 26.2 Å². The van der Waals surface area contributed by atoms with Gasteiger partial charge in [-0.1, -0.05) is 0 Å². The second kappa shape index (κ2) is 4.80. The van der Waals surface area contributed by atoms with Crippen LogP contribution in [0.5, 0.6) is 0 Å². The fourth-order valence-electron chi connectivity index (χ4n) is 1.65. The molecule has 1 aliphatic rings. The van der Waals surface area contributed by atoms with Crippen molar-refractivity contribution in [2.45, 2.75) is 0 Å². The zero-order valence-corrected chi connectivity index (χ0v) is 10.2. The lowest BCUT2D eigenvalue weighted by Crippen LogP contribution is -2.47. The van der Waals surface area contributed by atoms with E-state index < -0.39 is 5.97 Å². The number of rotatable bonds is 2. The summed E-state index contributed by atoms with van der Waals surface area (Å²) in [6.07, 6.45) is 0. The molecule has 92 valence electrons. The van der Waals surface area contributed by atoms with Gasteiger partial charge < -0.3 is 14.9 Å². The Morgan fingerprint density at radius 1 is 1.35 bits per heavy atom. The predicted octanol–water partition coefficient (Wildman–Crippen LogP) is 0.229. The smallest absolute Gasteiger partial charge is 0.347 e. The molecule has 0 aliphatic carbocycles. The Morgan fingerprint density at radius 2 is 2.00 bits per heavy atom. The molecular formula is C10H13N3O3S. The van der Waals surface area contributed by atoms with Gasteiger partial charge in [0.1, 0.15) is 10.6 Å². The average Bonchev–Trinajstić information content (AvgIpc) is 2.78. The van der Waals surface area contributed by atoms with E-state index in [9.17, 15) is 9.59 Å². The summed E-state index contributed by atoms with van der Waals surface area (Å²) in [6.45, 7) is 2.99. The minimum atomic E-state index is -1.04. The molecule has 1 fully saturated rings. The van der Waals surface area contributed by atoms with E-state index in [0.29, 0.717) is 13.1 Å². The van der Waals surface area contributed by atoms with Crippen LogP contribution in [0, 0.1) is 0 Å². The zero-order chi connectivity index (χ0) is 12.4. The number of amides is 1. The van der Waals surface area contributed by atoms with Gasteiger partial charge >= 0.3 is 5.97 Å². The molecule has 0 saturated carbocycles. The van der Waals surface area contributed by atoms with Crippen molar-refractivity contribution < 1.29 is 14.7 Å². The van der Waals surface area contributed by atoms with Crippen LogP contribution in [0.4, 0.5) is 0 Å². The maximum Gasteiger partial charge on any atom is 0.347 e. The number of carbonyl (C=O) groups is 2. The summed E-state index contributed by atoms with van der Waals surface area (Å²) in [5, 5.41) is 8.76. The SMILES string of the molecule is CN1CCN(C(=O)c2cc(C(=O)O)sn2)CC1. The molecule has 0 radical (unpaired) electrons. The van der Waals surface area contributed by atoms with Crippen LogP contribution in [0.15, 0.2) is 6.07 Å². The minimum absolute atomic E-state index is 0.0995. The van der Waals surface area contributed by atoms with Crippen LogP contribution in [0.2, 0.25) is 0 Å². The summed E-state index contributed by atoms with van der Waals surface area (Å²) in [5.74, 6) is -1.22. The Bertz CT molecular complexity index is 438. The monoisotopic (exact) mass is 255 g/mol. The highest BCUT2D eigenvalue weighted by atomic mass is 32.1. The van der Waals surface area contributed by atoms with Gasteiger partial charge in [0.25, 0.3) is 5.91 Å². The summed E-state index contributed by atoms with van der Waals surface area (Å²) >= 11 is 0.843. The van der Waals surface area contributed by atoms with Gasteiger partial charge in [-0.2, -0.15) is 4.37 Å². The number of aromatic carboxylic acids is 1. The highest BCUT2D eigenvalue weighted by Crippen LogP contribution is 2.13. The van der Waals surface area contributed by atoms with E-state index >= 15 is 0 Å². The Labute approximate surface area is 103 Å². The molecule has 1 N–H and O–H groups in total. The van der Waals surface area contributed by atoms with Crippen LogP contribution in [0.3, 0.4) is 0 Å². The molecule has 0 atom stereocenters. The summed E-state index contributed by atoms with van der Waals surface area (Å²) in [5.41, 5.74) is 0.233. The van der Waals surface area contributed by atoms with Crippen molar-refractivity contribution in [2.75, 3.05) is 33.2 Å². The Morgan fingerprint density at radius 3 is 2.53 bits per heavy atom. The largest absolute Gasteiger partial charge is 0.477 e. The van der Waals surface area contributed by atoms with Crippen molar-refractivity contribution >= 4 is 23.4 Å². The summed E-state index contributed by atoms with van der Waals surface area (Å²) in [4.78, 5) is 26.7. The summed E-state index contributed by atoms with van der Waals surface area (Å²) in [6, 6.07) is 1.34. The first-order valence-electron chi connectivity index (χ1n) is 5.26. The number of hydrogen-bond donors (Lipinski definition) is 1. The summed E-state index contributed by atoms with van der Waals surface area (Å²) < 4.78 is 3.89. The highest BCUT2D eigenvalue weighted by molar-refractivity contribution is 7.08. The van der Waals surface area contributed by atoms with Crippen LogP contribution in [-0.2, 0) is 0 Å². The number of carboxylic acids is 1. The molecule has 0 bridgehead atoms. The van der Waals surface area contributed by atoms with Gasteiger partial charge in [-0.25, -0.2) is 4.79 Å². The van der Waals surface area contributed by atoms with Crippen LogP contribution in [0.25, 0.3) is 0 Å². The Balaban J connectivity index is 2.06. The van der Waals surface area contributed by atoms with Crippen LogP contribution in [-0.4, -0.2) is 64.4 Å². The lowest BCUT2D eigenvalue weighted by atomic mass is 10.3. The topological polar surface area (TPSA) is 73.7 Å². The molecule has 0 aromatic carbocycles. The van der Waals surface area contributed by atoms with E-state index in [1.54, 1.807) is 4.90 Å². The van der Waals surface area contributed by atoms with E-state index in [-0.39, 0.29) is 16.5 Å². The molecule has 2 heterocycles. The molecule has 1 aromatic heterocycles. The third-order valence-corrected chi connectivity index (χ3v) is 3.51. The normalized spacial score (nSPS) is 17.1. The fourth-order valence-corrected chi connectivity index (χ4v) is 2.22. The molecule has 7 heteroatoms. The van der Waals surface area contributed by atoms with Crippen LogP contribution >= 0.6 is 11.5 Å². The number of aromatic nitrogens is 1. The molecule has 1 aliphatic heterocycles. The van der Waals surface area contributed by atoms with Crippen molar-refractivity contribution in [1.29, 1.82) is 0 Å². The predicted molar refractivity (Wildman–Crippen MR) is 62.5 cm³/mol. The van der Waals surface area contributed by atoms with E-state index in [1.165, 1.54) is 6.07 Å². The van der Waals surface area contributed by atoms with Crippen molar-refractivity contribution in [3.8, 4) is 0 Å². The van der Waals surface area contributed by atoms with Gasteiger partial charge in [-0.15, -0.1) is 0 Å². The quantitative estimate of drug-likeness (QED) is 0.819. The van der Waals surface area contributed by atoms with Crippen molar-refractivity contribution in [3.05, 3.63) is 16.6 Å². The third-order valence-electron chi connectivity index (χ3n) is 2.73. The number of nitrogens with zero attached hydrogens (tertiary/aromatic N) is 3. The van der Waals surface area contributed by atoms with Crippen molar-refractivity contribution in [2.24, 2.45) is 0 Å². The molecule has 1 amide bonds. The molecule has 0 spiro atoms. The van der Waals surface area contributed by atoms with Gasteiger partial charge in [-0.05, 0) is 24.6 Å². The van der Waals surface area contributed by atoms with E-state index in [2.05, 4.69) is 9.27 Å². The number of piperazine rings is 1. The first-order valence-corrected chi connectivity index (χ1v) is 6.03. The maximum atomic E-state index is 12.0. The van der Waals surface area contributed by atoms with Crippen molar-refractivity contribution in [3.63, 3.8) is 0 Å². The van der Waals surface area contributed by atoms with E-state index in [1.807, 2.05) is 7.05 Å². The molecular weight excluding hydrogens is 242 g/mol. The molecule has 17 heavy (non-hydrogen) atoms. The molecule has 0 unspecified atom stereocenters. The summed E-state index contributed by atoms with van der Waals surface area (Å²) in [7, 11) is 2.01. The fraction of sp³-hybridized carbons (Fsp3) is 0.500. The van der Waals surface area contributed by atoms with Crippen molar-refractivity contribution in [1.82, 2.24) is 14.2 Å². The Kier molecular flexibility index (Phi) is 3.39. The maximum absolute atomic E-state index is 12.0. The number of hydrogen-bond acceptors (Lipinski definition) is 5. The first-order chi connectivity index (χ1) is 8.08. The first kappa shape index (κ1) is 12.0. The third kappa shape index (κ3) is 2.62. The van der Waals surface area contributed by atoms with Gasteiger partial charge in [0.05, 0.1) is 0 Å². The lowest BCUT2D eigenvalue weighted by molar-refractivity contribution is 0.0659. The minimum Gasteiger partial charge on any atom is -0.477 e. The lowest BCUT2D eigenvalue weighted by Gasteiger charge is -2.31. The second-order valence-electron chi connectivity index (χ2n) is 3.98. The van der Waals surface area contributed by atoms with Gasteiger partial charge in [0.15, 0.2) is 0 Å². The number of carboxylic acid groups (broad SMARTS) is 1. The van der Waals surface area contributed by atoms with Gasteiger partial charge in [-0.3, -0.25) is 4.79 Å².